The fraction of sp³-hybridized carbons (Fsp3) is 1.00. The summed E-state index contributed by atoms with van der Waals surface area (Å²) in [5, 5.41) is 7.50. The van der Waals surface area contributed by atoms with Crippen LogP contribution in [0, 0.1) is 0 Å². The highest BCUT2D eigenvalue weighted by Crippen LogP contribution is 2.10. The van der Waals surface area contributed by atoms with Crippen LogP contribution in [0.25, 0.3) is 0 Å². The summed E-state index contributed by atoms with van der Waals surface area (Å²) in [4.78, 5) is 2.61. The fourth-order valence-corrected chi connectivity index (χ4v) is 4.57. The van der Waals surface area contributed by atoms with Crippen LogP contribution in [0.4, 0.5) is 0 Å². The van der Waals surface area contributed by atoms with E-state index in [0.29, 0.717) is 18.1 Å². The first-order valence-corrected chi connectivity index (χ1v) is 15.4. The minimum Gasteiger partial charge on any atom is -0.328 e. The van der Waals surface area contributed by atoms with Crippen LogP contribution in [0.1, 0.15) is 118 Å². The molecule has 0 saturated carbocycles. The number of hydrogen-bond donors (Lipinski definition) is 6. The highest BCUT2D eigenvalue weighted by atomic mass is 15.1. The standard InChI is InChI=1S/C29H67N7/c1-25(30)14-10-6-5-9-13-21-36(22-18-28(4)33)23-20-34-24-29(35-19-17-27(3)32)16-12-8-7-11-15-26(2)31/h25-29,34-35H,5-24,30-33H2,1-4H3. The van der Waals surface area contributed by atoms with Crippen molar-refractivity contribution in [3.8, 4) is 0 Å². The van der Waals surface area contributed by atoms with E-state index >= 15 is 0 Å². The molecule has 0 aliphatic carbocycles. The van der Waals surface area contributed by atoms with Crippen molar-refractivity contribution in [2.45, 2.75) is 148 Å². The van der Waals surface area contributed by atoms with Gasteiger partial charge in [0.15, 0.2) is 0 Å². The molecular weight excluding hydrogens is 446 g/mol. The van der Waals surface area contributed by atoms with E-state index in [1.807, 2.05) is 0 Å². The van der Waals surface area contributed by atoms with E-state index in [4.69, 9.17) is 22.9 Å². The lowest BCUT2D eigenvalue weighted by molar-refractivity contribution is 0.256. The molecule has 0 bridgehead atoms. The van der Waals surface area contributed by atoms with Crippen molar-refractivity contribution >= 4 is 0 Å². The molecule has 0 aromatic carbocycles. The third-order valence-electron chi connectivity index (χ3n) is 7.02. The molecule has 7 nitrogen and oxygen atoms in total. The Hall–Kier alpha value is -0.280. The van der Waals surface area contributed by atoms with Crippen LogP contribution < -0.4 is 33.6 Å². The van der Waals surface area contributed by atoms with E-state index in [1.54, 1.807) is 0 Å². The smallest absolute Gasteiger partial charge is 0.0192 e. The Bertz CT molecular complexity index is 443. The predicted molar refractivity (Wildman–Crippen MR) is 160 cm³/mol. The maximum atomic E-state index is 6.05. The van der Waals surface area contributed by atoms with Gasteiger partial charge >= 0.3 is 0 Å². The Balaban J connectivity index is 4.28. The van der Waals surface area contributed by atoms with E-state index in [0.717, 1.165) is 58.4 Å². The van der Waals surface area contributed by atoms with Crippen LogP contribution >= 0.6 is 0 Å². The highest BCUT2D eigenvalue weighted by molar-refractivity contribution is 4.72. The van der Waals surface area contributed by atoms with Gasteiger partial charge in [-0.15, -0.1) is 0 Å². The molecule has 0 aromatic rings. The summed E-state index contributed by atoms with van der Waals surface area (Å²) in [5.74, 6) is 0. The molecule has 0 aromatic heterocycles. The average Bonchev–Trinajstić information content (AvgIpc) is 2.79. The van der Waals surface area contributed by atoms with Gasteiger partial charge in [-0.3, -0.25) is 0 Å². The molecule has 10 N–H and O–H groups in total. The van der Waals surface area contributed by atoms with Crippen LogP contribution in [0.5, 0.6) is 0 Å². The monoisotopic (exact) mass is 514 g/mol. The fourth-order valence-electron chi connectivity index (χ4n) is 4.57. The van der Waals surface area contributed by atoms with Gasteiger partial charge in [-0.1, -0.05) is 51.4 Å². The van der Waals surface area contributed by atoms with Crippen LogP contribution in [0.3, 0.4) is 0 Å². The van der Waals surface area contributed by atoms with Gasteiger partial charge in [-0.25, -0.2) is 0 Å². The summed E-state index contributed by atoms with van der Waals surface area (Å²) < 4.78 is 0. The van der Waals surface area contributed by atoms with Crippen molar-refractivity contribution < 1.29 is 0 Å². The van der Waals surface area contributed by atoms with Gasteiger partial charge in [-0.05, 0) is 85.9 Å². The lowest BCUT2D eigenvalue weighted by atomic mass is 10.0. The molecule has 0 fully saturated rings. The van der Waals surface area contributed by atoms with Crippen LogP contribution in [0.2, 0.25) is 0 Å². The van der Waals surface area contributed by atoms with Gasteiger partial charge in [0.2, 0.25) is 0 Å². The number of rotatable bonds is 27. The summed E-state index contributed by atoms with van der Waals surface area (Å²) in [6.07, 6.45) is 17.2. The first kappa shape index (κ1) is 35.7. The third-order valence-corrected chi connectivity index (χ3v) is 7.02. The van der Waals surface area contributed by atoms with E-state index in [2.05, 4.69) is 43.2 Å². The zero-order chi connectivity index (χ0) is 27.0. The topological polar surface area (TPSA) is 131 Å². The molecule has 0 aliphatic rings. The van der Waals surface area contributed by atoms with Crippen molar-refractivity contribution in [3.63, 3.8) is 0 Å². The lowest BCUT2D eigenvalue weighted by Crippen LogP contribution is -2.43. The normalized spacial score (nSPS) is 16.2. The van der Waals surface area contributed by atoms with Gasteiger partial charge in [0, 0.05) is 49.8 Å². The van der Waals surface area contributed by atoms with Crippen LogP contribution in [-0.4, -0.2) is 74.4 Å². The van der Waals surface area contributed by atoms with Crippen LogP contribution in [-0.2, 0) is 0 Å². The number of nitrogens with zero attached hydrogens (tertiary/aromatic N) is 1. The van der Waals surface area contributed by atoms with E-state index in [-0.39, 0.29) is 12.1 Å². The molecule has 0 heterocycles. The van der Waals surface area contributed by atoms with Crippen LogP contribution in [0.15, 0.2) is 0 Å². The van der Waals surface area contributed by atoms with E-state index < -0.39 is 0 Å². The Morgan fingerprint density at radius 3 is 1.56 bits per heavy atom. The van der Waals surface area contributed by atoms with Gasteiger partial charge in [0.1, 0.15) is 0 Å². The average molecular weight is 514 g/mol. The molecule has 0 amide bonds. The zero-order valence-corrected chi connectivity index (χ0v) is 24.8. The zero-order valence-electron chi connectivity index (χ0n) is 24.8. The van der Waals surface area contributed by atoms with Crippen molar-refractivity contribution in [2.24, 2.45) is 22.9 Å². The van der Waals surface area contributed by atoms with E-state index in [9.17, 15) is 0 Å². The third kappa shape index (κ3) is 26.8. The summed E-state index contributed by atoms with van der Waals surface area (Å²) in [6, 6.07) is 1.72. The van der Waals surface area contributed by atoms with Gasteiger partial charge < -0.3 is 38.5 Å². The Kier molecular flexibility index (Phi) is 24.8. The maximum Gasteiger partial charge on any atom is 0.0192 e. The second-order valence-corrected chi connectivity index (χ2v) is 11.7. The lowest BCUT2D eigenvalue weighted by Gasteiger charge is -2.25. The predicted octanol–water partition coefficient (Wildman–Crippen LogP) is 3.69. The largest absolute Gasteiger partial charge is 0.328 e. The molecule has 218 valence electrons. The van der Waals surface area contributed by atoms with E-state index in [1.165, 1.54) is 70.8 Å². The second kappa shape index (κ2) is 25.0. The molecule has 5 atom stereocenters. The maximum absolute atomic E-state index is 6.05. The van der Waals surface area contributed by atoms with Crippen molar-refractivity contribution in [1.29, 1.82) is 0 Å². The molecule has 5 unspecified atom stereocenters. The number of nitrogens with two attached hydrogens (primary N) is 4. The molecule has 0 rings (SSSR count). The minimum atomic E-state index is 0.257. The number of unbranched alkanes of at least 4 members (excludes halogenated alkanes) is 7. The Labute approximate surface area is 225 Å². The molecule has 0 aliphatic heterocycles. The Morgan fingerprint density at radius 1 is 0.500 bits per heavy atom. The molecule has 7 heteroatoms. The molecule has 0 saturated heterocycles. The minimum absolute atomic E-state index is 0.257. The first-order valence-electron chi connectivity index (χ1n) is 15.4. The van der Waals surface area contributed by atoms with Gasteiger partial charge in [-0.2, -0.15) is 0 Å². The summed E-state index contributed by atoms with van der Waals surface area (Å²) >= 11 is 0. The molecule has 0 spiro atoms. The van der Waals surface area contributed by atoms with Crippen molar-refractivity contribution in [2.75, 3.05) is 39.3 Å². The van der Waals surface area contributed by atoms with Gasteiger partial charge in [0.05, 0.1) is 0 Å². The molecule has 0 radical (unpaired) electrons. The first-order chi connectivity index (χ1) is 17.2. The second-order valence-electron chi connectivity index (χ2n) is 11.7. The quantitative estimate of drug-likeness (QED) is 0.0923. The van der Waals surface area contributed by atoms with Crippen molar-refractivity contribution in [3.05, 3.63) is 0 Å². The number of hydrogen-bond acceptors (Lipinski definition) is 7. The van der Waals surface area contributed by atoms with Crippen molar-refractivity contribution in [1.82, 2.24) is 15.5 Å². The molecular formula is C29H67N7. The Morgan fingerprint density at radius 2 is 1.00 bits per heavy atom. The SMILES string of the molecule is CC(N)CCCCCCCN(CCNCC(CCCCCCC(C)N)NCCC(C)N)CCC(C)N. The summed E-state index contributed by atoms with van der Waals surface area (Å²) in [5.41, 5.74) is 23.7. The molecule has 36 heavy (non-hydrogen) atoms. The summed E-state index contributed by atoms with van der Waals surface area (Å²) in [7, 11) is 0. The summed E-state index contributed by atoms with van der Waals surface area (Å²) in [6.45, 7) is 14.9. The highest BCUT2D eigenvalue weighted by Gasteiger charge is 2.10. The van der Waals surface area contributed by atoms with Gasteiger partial charge in [0.25, 0.3) is 0 Å². The number of nitrogens with one attached hydrogen (secondary N) is 2.